The van der Waals surface area contributed by atoms with Gasteiger partial charge in [-0.25, -0.2) is 0 Å². The van der Waals surface area contributed by atoms with Gasteiger partial charge in [0.15, 0.2) is 11.5 Å². The van der Waals surface area contributed by atoms with Crippen LogP contribution in [0.5, 0.6) is 11.5 Å². The second-order valence-corrected chi connectivity index (χ2v) is 8.87. The van der Waals surface area contributed by atoms with Crippen molar-refractivity contribution in [2.75, 3.05) is 47.1 Å². The first-order chi connectivity index (χ1) is 16.5. The molecule has 1 unspecified atom stereocenters. The van der Waals surface area contributed by atoms with Gasteiger partial charge in [-0.2, -0.15) is 0 Å². The van der Waals surface area contributed by atoms with Crippen LogP contribution in [0.15, 0.2) is 48.5 Å². The summed E-state index contributed by atoms with van der Waals surface area (Å²) in [5.74, 6) is 1.38. The van der Waals surface area contributed by atoms with Gasteiger partial charge >= 0.3 is 0 Å². The first kappa shape index (κ1) is 26.0. The zero-order valence-electron chi connectivity index (χ0n) is 20.8. The molecule has 2 atom stereocenters. The second kappa shape index (κ2) is 13.3. The lowest BCUT2D eigenvalue weighted by Crippen LogP contribution is -2.43. The molecule has 186 valence electrons. The van der Waals surface area contributed by atoms with Crippen molar-refractivity contribution < 1.29 is 23.7 Å². The second-order valence-electron chi connectivity index (χ2n) is 8.87. The summed E-state index contributed by atoms with van der Waals surface area (Å²) in [5, 5.41) is 3.43. The highest BCUT2D eigenvalue weighted by Crippen LogP contribution is 2.29. The third-order valence-electron chi connectivity index (χ3n) is 6.06. The highest BCUT2D eigenvalue weighted by Gasteiger charge is 2.32. The molecule has 0 spiro atoms. The molecular formula is C27H38N2O5. The van der Waals surface area contributed by atoms with Crippen LogP contribution in [-0.4, -0.2) is 70.0 Å². The molecule has 7 heteroatoms. The van der Waals surface area contributed by atoms with Crippen molar-refractivity contribution in [3.05, 3.63) is 59.7 Å². The fourth-order valence-electron chi connectivity index (χ4n) is 4.12. The molecule has 1 aliphatic heterocycles. The van der Waals surface area contributed by atoms with Crippen LogP contribution in [0.3, 0.4) is 0 Å². The van der Waals surface area contributed by atoms with Crippen LogP contribution in [0.25, 0.3) is 0 Å². The largest absolute Gasteiger partial charge is 0.493 e. The number of amides is 1. The van der Waals surface area contributed by atoms with Crippen molar-refractivity contribution in [2.45, 2.75) is 39.0 Å². The average molecular weight is 471 g/mol. The molecule has 0 saturated carbocycles. The summed E-state index contributed by atoms with van der Waals surface area (Å²) in [7, 11) is 3.26. The Morgan fingerprint density at radius 3 is 2.56 bits per heavy atom. The number of benzene rings is 2. The Morgan fingerprint density at radius 1 is 1.06 bits per heavy atom. The molecule has 0 aromatic heterocycles. The zero-order valence-corrected chi connectivity index (χ0v) is 20.8. The number of nitrogens with one attached hydrogen (secondary N) is 1. The van der Waals surface area contributed by atoms with Gasteiger partial charge in [-0.1, -0.05) is 30.3 Å². The molecule has 0 aliphatic carbocycles. The van der Waals surface area contributed by atoms with E-state index < -0.39 is 0 Å². The summed E-state index contributed by atoms with van der Waals surface area (Å²) < 4.78 is 22.6. The lowest BCUT2D eigenvalue weighted by molar-refractivity contribution is 0.0129. The molecule has 1 heterocycles. The molecule has 34 heavy (non-hydrogen) atoms. The van der Waals surface area contributed by atoms with E-state index in [4.69, 9.17) is 18.9 Å². The maximum Gasteiger partial charge on any atom is 0.254 e. The van der Waals surface area contributed by atoms with E-state index in [0.717, 1.165) is 25.1 Å². The molecule has 1 fully saturated rings. The number of hydrogen-bond donors (Lipinski definition) is 1. The molecule has 1 aliphatic rings. The molecule has 2 aromatic rings. The number of hydrogen-bond acceptors (Lipinski definition) is 6. The lowest BCUT2D eigenvalue weighted by Gasteiger charge is -2.31. The van der Waals surface area contributed by atoms with E-state index in [9.17, 15) is 4.79 Å². The topological polar surface area (TPSA) is 69.3 Å². The number of nitrogens with zero attached hydrogens (tertiary/aromatic N) is 1. The first-order valence-corrected chi connectivity index (χ1v) is 12.0. The van der Waals surface area contributed by atoms with Gasteiger partial charge in [-0.05, 0) is 37.6 Å². The summed E-state index contributed by atoms with van der Waals surface area (Å²) in [5.41, 5.74) is 1.74. The Hall–Kier alpha value is -2.61. The molecule has 3 rings (SSSR count). The maximum absolute atomic E-state index is 13.5. The average Bonchev–Trinajstić information content (AvgIpc) is 3.31. The number of methoxy groups -OCH3 is 2. The third-order valence-corrected chi connectivity index (χ3v) is 6.06. The Kier molecular flexibility index (Phi) is 10.2. The van der Waals surface area contributed by atoms with E-state index in [-0.39, 0.29) is 24.0 Å². The van der Waals surface area contributed by atoms with Crippen LogP contribution in [0.1, 0.15) is 36.2 Å². The van der Waals surface area contributed by atoms with Crippen LogP contribution in [0, 0.1) is 5.92 Å². The van der Waals surface area contributed by atoms with Crippen LogP contribution in [-0.2, 0) is 16.1 Å². The van der Waals surface area contributed by atoms with Gasteiger partial charge in [0.05, 0.1) is 26.4 Å². The van der Waals surface area contributed by atoms with E-state index >= 15 is 0 Å². The van der Waals surface area contributed by atoms with Gasteiger partial charge in [0, 0.05) is 57.3 Å². The van der Waals surface area contributed by atoms with Crippen LogP contribution >= 0.6 is 0 Å². The molecule has 1 amide bonds. The molecule has 1 N–H and O–H groups in total. The van der Waals surface area contributed by atoms with Crippen molar-refractivity contribution >= 4 is 5.91 Å². The Morgan fingerprint density at radius 2 is 1.85 bits per heavy atom. The van der Waals surface area contributed by atoms with Crippen molar-refractivity contribution in [1.29, 1.82) is 0 Å². The molecule has 0 bridgehead atoms. The van der Waals surface area contributed by atoms with Crippen molar-refractivity contribution in [1.82, 2.24) is 10.2 Å². The summed E-state index contributed by atoms with van der Waals surface area (Å²) in [6, 6.07) is 15.6. The minimum Gasteiger partial charge on any atom is -0.493 e. The van der Waals surface area contributed by atoms with Gasteiger partial charge in [0.2, 0.25) is 0 Å². The van der Waals surface area contributed by atoms with E-state index in [1.807, 2.05) is 36.9 Å². The van der Waals surface area contributed by atoms with Crippen LogP contribution < -0.4 is 14.8 Å². The number of carbonyl (C=O) groups excluding carboxylic acids is 1. The normalized spacial score (nSPS) is 17.7. The van der Waals surface area contributed by atoms with Crippen molar-refractivity contribution in [3.63, 3.8) is 0 Å². The first-order valence-electron chi connectivity index (χ1n) is 12.0. The van der Waals surface area contributed by atoms with Crippen LogP contribution in [0.4, 0.5) is 0 Å². The zero-order chi connectivity index (χ0) is 24.3. The van der Waals surface area contributed by atoms with Crippen LogP contribution in [0.2, 0.25) is 0 Å². The van der Waals surface area contributed by atoms with Gasteiger partial charge in [-0.15, -0.1) is 0 Å². The number of ether oxygens (including phenoxy) is 4. The Labute approximate surface area is 203 Å². The van der Waals surface area contributed by atoms with Gasteiger partial charge in [-0.3, -0.25) is 4.79 Å². The predicted molar refractivity (Wildman–Crippen MR) is 133 cm³/mol. The van der Waals surface area contributed by atoms with E-state index in [0.29, 0.717) is 43.4 Å². The SMILES string of the molecule is COCCCOc1cc(C(=O)N(C[C@@H]2CNCC2OCc2ccccc2)C(C)C)ccc1OC. The van der Waals surface area contributed by atoms with E-state index in [2.05, 4.69) is 17.4 Å². The van der Waals surface area contributed by atoms with Gasteiger partial charge < -0.3 is 29.2 Å². The molecule has 2 aromatic carbocycles. The number of carbonyl (C=O) groups is 1. The minimum atomic E-state index is -0.0203. The molecule has 1 saturated heterocycles. The fraction of sp³-hybridized carbons (Fsp3) is 0.519. The van der Waals surface area contributed by atoms with E-state index in [1.165, 1.54) is 0 Å². The van der Waals surface area contributed by atoms with Crippen molar-refractivity contribution in [3.8, 4) is 11.5 Å². The third kappa shape index (κ3) is 7.19. The van der Waals surface area contributed by atoms with Crippen molar-refractivity contribution in [2.24, 2.45) is 5.92 Å². The fourth-order valence-corrected chi connectivity index (χ4v) is 4.12. The summed E-state index contributed by atoms with van der Waals surface area (Å²) >= 11 is 0. The molecule has 7 nitrogen and oxygen atoms in total. The predicted octanol–water partition coefficient (Wildman–Crippen LogP) is 3.77. The Balaban J connectivity index is 1.67. The molecular weight excluding hydrogens is 432 g/mol. The van der Waals surface area contributed by atoms with Gasteiger partial charge in [0.25, 0.3) is 5.91 Å². The summed E-state index contributed by atoms with van der Waals surface area (Å²) in [4.78, 5) is 15.5. The monoisotopic (exact) mass is 470 g/mol. The summed E-state index contributed by atoms with van der Waals surface area (Å²) in [6.45, 7) is 8.01. The highest BCUT2D eigenvalue weighted by atomic mass is 16.5. The highest BCUT2D eigenvalue weighted by molar-refractivity contribution is 5.95. The summed E-state index contributed by atoms with van der Waals surface area (Å²) in [6.07, 6.45) is 0.819. The smallest absolute Gasteiger partial charge is 0.254 e. The maximum atomic E-state index is 13.5. The lowest BCUT2D eigenvalue weighted by atomic mass is 10.0. The standard InChI is InChI=1S/C27H38N2O5/c1-20(2)29(18-23-16-28-17-26(23)34-19-21-9-6-5-7-10-21)27(30)22-11-12-24(32-4)25(15-22)33-14-8-13-31-3/h5-7,9-12,15,20,23,26,28H,8,13-14,16-19H2,1-4H3/t23-,26?/m0/s1. The van der Waals surface area contributed by atoms with E-state index in [1.54, 1.807) is 32.4 Å². The quantitative estimate of drug-likeness (QED) is 0.450. The Bertz CT molecular complexity index is 890. The van der Waals surface area contributed by atoms with Gasteiger partial charge in [0.1, 0.15) is 0 Å². The minimum absolute atomic E-state index is 0.0203. The number of rotatable bonds is 13. The molecule has 0 radical (unpaired) electrons.